The molecular formula is C13H8F4N4. The molecular weight excluding hydrogens is 288 g/mol. The van der Waals surface area contributed by atoms with Gasteiger partial charge in [-0.25, -0.2) is 4.39 Å². The van der Waals surface area contributed by atoms with E-state index >= 15 is 0 Å². The third kappa shape index (κ3) is 2.28. The first-order chi connectivity index (χ1) is 9.86. The van der Waals surface area contributed by atoms with E-state index in [1.165, 1.54) is 18.2 Å². The van der Waals surface area contributed by atoms with Crippen molar-refractivity contribution >= 4 is 11.3 Å². The van der Waals surface area contributed by atoms with Crippen LogP contribution in [-0.4, -0.2) is 14.6 Å². The topological polar surface area (TPSA) is 56.2 Å². The molecule has 0 saturated heterocycles. The van der Waals surface area contributed by atoms with E-state index in [0.29, 0.717) is 5.56 Å². The molecule has 0 radical (unpaired) electrons. The van der Waals surface area contributed by atoms with Gasteiger partial charge in [0, 0.05) is 11.8 Å². The van der Waals surface area contributed by atoms with Crippen LogP contribution in [0, 0.1) is 5.82 Å². The monoisotopic (exact) mass is 296 g/mol. The van der Waals surface area contributed by atoms with Crippen LogP contribution in [0.4, 0.5) is 23.2 Å². The Morgan fingerprint density at radius 2 is 1.86 bits per heavy atom. The summed E-state index contributed by atoms with van der Waals surface area (Å²) < 4.78 is 52.8. The summed E-state index contributed by atoms with van der Waals surface area (Å²) in [6, 6.07) is 6.13. The van der Waals surface area contributed by atoms with Crippen molar-refractivity contribution < 1.29 is 17.6 Å². The second-order valence-electron chi connectivity index (χ2n) is 4.41. The number of nitrogens with zero attached hydrogens (tertiary/aromatic N) is 3. The number of fused-ring (bicyclic) bond motifs is 1. The molecule has 0 aliphatic carbocycles. The first kappa shape index (κ1) is 13.3. The lowest BCUT2D eigenvalue weighted by molar-refractivity contribution is -0.137. The van der Waals surface area contributed by atoms with Crippen LogP contribution in [0.3, 0.4) is 0 Å². The van der Waals surface area contributed by atoms with Crippen molar-refractivity contribution in [2.75, 3.05) is 5.73 Å². The summed E-state index contributed by atoms with van der Waals surface area (Å²) in [6.07, 6.45) is -3.71. The normalized spacial score (nSPS) is 12.0. The van der Waals surface area contributed by atoms with Crippen molar-refractivity contribution in [3.8, 4) is 11.4 Å². The Morgan fingerprint density at radius 3 is 2.52 bits per heavy atom. The first-order valence-corrected chi connectivity index (χ1v) is 5.83. The number of alkyl halides is 3. The average molecular weight is 296 g/mol. The van der Waals surface area contributed by atoms with E-state index in [9.17, 15) is 17.6 Å². The van der Waals surface area contributed by atoms with Crippen LogP contribution < -0.4 is 5.73 Å². The zero-order valence-electron chi connectivity index (χ0n) is 10.4. The number of hydrogen-bond acceptors (Lipinski definition) is 3. The number of hydrogen-bond donors (Lipinski definition) is 1. The molecule has 0 saturated carbocycles. The Kier molecular flexibility index (Phi) is 2.82. The molecule has 2 aromatic heterocycles. The maximum Gasteiger partial charge on any atom is 0.417 e. The van der Waals surface area contributed by atoms with Crippen molar-refractivity contribution in [3.05, 3.63) is 47.9 Å². The van der Waals surface area contributed by atoms with Gasteiger partial charge in [-0.2, -0.15) is 13.2 Å². The molecule has 0 fully saturated rings. The maximum atomic E-state index is 13.2. The highest BCUT2D eigenvalue weighted by Crippen LogP contribution is 2.32. The molecule has 3 rings (SSSR count). The number of halogens is 4. The van der Waals surface area contributed by atoms with Gasteiger partial charge in [-0.15, -0.1) is 10.2 Å². The molecule has 0 unspecified atom stereocenters. The predicted octanol–water partition coefficient (Wildman–Crippen LogP) is 3.14. The lowest BCUT2D eigenvalue weighted by Gasteiger charge is -2.09. The molecule has 0 amide bonds. The summed E-state index contributed by atoms with van der Waals surface area (Å²) >= 11 is 0. The van der Waals surface area contributed by atoms with Crippen LogP contribution in [0.2, 0.25) is 0 Å². The van der Waals surface area contributed by atoms with Gasteiger partial charge in [-0.1, -0.05) is 12.1 Å². The van der Waals surface area contributed by atoms with Crippen LogP contribution in [0.15, 0.2) is 36.5 Å². The minimum absolute atomic E-state index is 0.0854. The molecule has 2 N–H and O–H groups in total. The van der Waals surface area contributed by atoms with Crippen molar-refractivity contribution in [3.63, 3.8) is 0 Å². The van der Waals surface area contributed by atoms with E-state index in [2.05, 4.69) is 10.2 Å². The van der Waals surface area contributed by atoms with E-state index in [1.54, 1.807) is 0 Å². The number of nitrogen functional groups attached to an aromatic ring is 1. The highest BCUT2D eigenvalue weighted by molar-refractivity contribution is 5.70. The van der Waals surface area contributed by atoms with E-state index in [-0.39, 0.29) is 17.2 Å². The fourth-order valence-electron chi connectivity index (χ4n) is 2.00. The molecule has 108 valence electrons. The molecule has 4 nitrogen and oxygen atoms in total. The Labute approximate surface area is 115 Å². The van der Waals surface area contributed by atoms with Gasteiger partial charge >= 0.3 is 6.18 Å². The number of pyridine rings is 1. The molecule has 8 heteroatoms. The molecule has 1 aromatic carbocycles. The Morgan fingerprint density at radius 1 is 1.10 bits per heavy atom. The Bertz CT molecular complexity index is 823. The molecule has 21 heavy (non-hydrogen) atoms. The maximum absolute atomic E-state index is 13.2. The molecule has 0 atom stereocenters. The number of aromatic nitrogens is 3. The third-order valence-electron chi connectivity index (χ3n) is 2.94. The van der Waals surface area contributed by atoms with Crippen molar-refractivity contribution in [1.29, 1.82) is 0 Å². The van der Waals surface area contributed by atoms with Crippen LogP contribution in [-0.2, 0) is 6.18 Å². The van der Waals surface area contributed by atoms with E-state index in [4.69, 9.17) is 5.73 Å². The summed E-state index contributed by atoms with van der Waals surface area (Å²) in [5.41, 5.74) is 4.89. The molecule has 0 aliphatic rings. The van der Waals surface area contributed by atoms with Crippen LogP contribution >= 0.6 is 0 Å². The van der Waals surface area contributed by atoms with Crippen LogP contribution in [0.1, 0.15) is 5.56 Å². The number of nitrogens with two attached hydrogens (primary N) is 1. The average Bonchev–Trinajstić information content (AvgIpc) is 2.82. The van der Waals surface area contributed by atoms with Gasteiger partial charge in [0.15, 0.2) is 11.5 Å². The quantitative estimate of drug-likeness (QED) is 0.702. The predicted molar refractivity (Wildman–Crippen MR) is 67.8 cm³/mol. The summed E-state index contributed by atoms with van der Waals surface area (Å²) in [6.45, 7) is 0. The van der Waals surface area contributed by atoms with E-state index < -0.39 is 17.6 Å². The minimum Gasteiger partial charge on any atom is -0.396 e. The summed E-state index contributed by atoms with van der Waals surface area (Å²) in [5, 5.41) is 7.54. The van der Waals surface area contributed by atoms with Gasteiger partial charge in [0.05, 0.1) is 11.3 Å². The number of benzene rings is 1. The van der Waals surface area contributed by atoms with Gasteiger partial charge < -0.3 is 5.73 Å². The van der Waals surface area contributed by atoms with Gasteiger partial charge in [0.2, 0.25) is 0 Å². The second kappa shape index (κ2) is 4.44. The van der Waals surface area contributed by atoms with Gasteiger partial charge in [-0.05, 0) is 18.2 Å². The van der Waals surface area contributed by atoms with E-state index in [1.807, 2.05) is 0 Å². The largest absolute Gasteiger partial charge is 0.417 e. The first-order valence-electron chi connectivity index (χ1n) is 5.83. The fourth-order valence-corrected chi connectivity index (χ4v) is 2.00. The molecule has 0 aliphatic heterocycles. The second-order valence-corrected chi connectivity index (χ2v) is 4.41. The van der Waals surface area contributed by atoms with Gasteiger partial charge in [0.25, 0.3) is 0 Å². The lowest BCUT2D eigenvalue weighted by atomic mass is 10.2. The van der Waals surface area contributed by atoms with Gasteiger partial charge in [0.1, 0.15) is 5.82 Å². The smallest absolute Gasteiger partial charge is 0.396 e. The van der Waals surface area contributed by atoms with Crippen LogP contribution in [0.5, 0.6) is 0 Å². The third-order valence-corrected chi connectivity index (χ3v) is 2.94. The SMILES string of the molecule is Nc1cc(C(F)(F)F)cn2c(-c3cccc(F)c3)nnc12. The minimum atomic E-state index is -4.55. The summed E-state index contributed by atoms with van der Waals surface area (Å²) in [5.74, 6) is -0.438. The van der Waals surface area contributed by atoms with Crippen molar-refractivity contribution in [2.45, 2.75) is 6.18 Å². The fraction of sp³-hybridized carbons (Fsp3) is 0.0769. The van der Waals surface area contributed by atoms with Gasteiger partial charge in [-0.3, -0.25) is 4.40 Å². The molecule has 2 heterocycles. The van der Waals surface area contributed by atoms with E-state index in [0.717, 1.165) is 22.7 Å². The summed E-state index contributed by atoms with van der Waals surface area (Å²) in [4.78, 5) is 0. The molecule has 0 spiro atoms. The van der Waals surface area contributed by atoms with Crippen molar-refractivity contribution in [2.24, 2.45) is 0 Å². The number of anilines is 1. The standard InChI is InChI=1S/C13H8F4N4/c14-9-3-1-2-7(4-9)11-19-20-12-10(18)5-8(6-21(11)12)13(15,16)17/h1-6H,18H2. The number of rotatable bonds is 1. The summed E-state index contributed by atoms with van der Waals surface area (Å²) in [7, 11) is 0. The lowest BCUT2D eigenvalue weighted by Crippen LogP contribution is -2.08. The van der Waals surface area contributed by atoms with Crippen molar-refractivity contribution in [1.82, 2.24) is 14.6 Å². The molecule has 3 aromatic rings. The molecule has 0 bridgehead atoms. The van der Waals surface area contributed by atoms with Crippen LogP contribution in [0.25, 0.3) is 17.0 Å². The highest BCUT2D eigenvalue weighted by Gasteiger charge is 2.32. The Hall–Kier alpha value is -2.64. The highest BCUT2D eigenvalue weighted by atomic mass is 19.4. The zero-order valence-corrected chi connectivity index (χ0v) is 10.4. The zero-order chi connectivity index (χ0) is 15.2. The Balaban J connectivity index is 2.28.